The molecule has 0 radical (unpaired) electrons. The van der Waals surface area contributed by atoms with Gasteiger partial charge in [-0.1, -0.05) is 60.7 Å². The summed E-state index contributed by atoms with van der Waals surface area (Å²) >= 11 is 0. The SMILES string of the molecule is O=C1CN(Cc2ccccc2)CC[C@@H]1Cc1ccccc1. The number of nitrogens with zero attached hydrogens (tertiary/aromatic N) is 1. The Morgan fingerprint density at radius 1 is 0.905 bits per heavy atom. The van der Waals surface area contributed by atoms with Crippen LogP contribution in [0.15, 0.2) is 60.7 Å². The summed E-state index contributed by atoms with van der Waals surface area (Å²) in [6, 6.07) is 20.7. The van der Waals surface area contributed by atoms with Crippen molar-refractivity contribution >= 4 is 5.78 Å². The Bertz CT molecular complexity index is 579. The maximum absolute atomic E-state index is 12.4. The van der Waals surface area contributed by atoms with Gasteiger partial charge in [-0.3, -0.25) is 9.69 Å². The standard InChI is InChI=1S/C19H21NO/c21-19-15-20(14-17-9-5-2-6-10-17)12-11-18(19)13-16-7-3-1-4-8-16/h1-10,18H,11-15H2/t18-/m1/s1. The fourth-order valence-corrected chi connectivity index (χ4v) is 3.02. The van der Waals surface area contributed by atoms with E-state index in [1.165, 1.54) is 11.1 Å². The molecule has 1 aliphatic rings. The summed E-state index contributed by atoms with van der Waals surface area (Å²) < 4.78 is 0. The van der Waals surface area contributed by atoms with Crippen LogP contribution in [0, 0.1) is 5.92 Å². The molecule has 3 rings (SSSR count). The Morgan fingerprint density at radius 2 is 1.52 bits per heavy atom. The number of carbonyl (C=O) groups excluding carboxylic acids is 1. The van der Waals surface area contributed by atoms with E-state index < -0.39 is 0 Å². The van der Waals surface area contributed by atoms with Crippen molar-refractivity contribution in [1.29, 1.82) is 0 Å². The molecule has 108 valence electrons. The minimum atomic E-state index is 0.194. The van der Waals surface area contributed by atoms with Crippen molar-refractivity contribution in [2.24, 2.45) is 5.92 Å². The summed E-state index contributed by atoms with van der Waals surface area (Å²) in [5.41, 5.74) is 2.55. The number of Topliss-reactive ketones (excluding diaryl/α,β-unsaturated/α-hetero) is 1. The molecule has 0 spiro atoms. The third-order valence-electron chi connectivity index (χ3n) is 4.20. The van der Waals surface area contributed by atoms with Crippen LogP contribution >= 0.6 is 0 Å². The maximum atomic E-state index is 12.4. The molecular formula is C19H21NO. The van der Waals surface area contributed by atoms with Gasteiger partial charge in [-0.05, 0) is 30.5 Å². The lowest BCUT2D eigenvalue weighted by Crippen LogP contribution is -2.41. The van der Waals surface area contributed by atoms with E-state index in [0.717, 1.165) is 25.9 Å². The van der Waals surface area contributed by atoms with Gasteiger partial charge in [0.2, 0.25) is 0 Å². The van der Waals surface area contributed by atoms with Crippen molar-refractivity contribution < 1.29 is 4.79 Å². The normalized spacial score (nSPS) is 19.6. The molecule has 2 heteroatoms. The molecule has 2 aromatic carbocycles. The second-order valence-corrected chi connectivity index (χ2v) is 5.84. The molecule has 1 heterocycles. The van der Waals surface area contributed by atoms with Gasteiger partial charge in [-0.2, -0.15) is 0 Å². The van der Waals surface area contributed by atoms with Crippen LogP contribution in [0.3, 0.4) is 0 Å². The monoisotopic (exact) mass is 279 g/mol. The fourth-order valence-electron chi connectivity index (χ4n) is 3.02. The Hall–Kier alpha value is -1.93. The molecule has 21 heavy (non-hydrogen) atoms. The molecular weight excluding hydrogens is 258 g/mol. The Labute approximate surface area is 126 Å². The smallest absolute Gasteiger partial charge is 0.150 e. The van der Waals surface area contributed by atoms with Gasteiger partial charge in [0, 0.05) is 12.5 Å². The number of rotatable bonds is 4. The van der Waals surface area contributed by atoms with Crippen molar-refractivity contribution in [3.63, 3.8) is 0 Å². The summed E-state index contributed by atoms with van der Waals surface area (Å²) in [6.45, 7) is 2.48. The minimum absolute atomic E-state index is 0.194. The highest BCUT2D eigenvalue weighted by Gasteiger charge is 2.26. The topological polar surface area (TPSA) is 20.3 Å². The largest absolute Gasteiger partial charge is 0.298 e. The van der Waals surface area contributed by atoms with Crippen molar-refractivity contribution in [1.82, 2.24) is 4.90 Å². The molecule has 1 saturated heterocycles. The van der Waals surface area contributed by atoms with Crippen LogP contribution in [0.5, 0.6) is 0 Å². The number of benzene rings is 2. The van der Waals surface area contributed by atoms with Crippen LogP contribution in [-0.2, 0) is 17.8 Å². The number of likely N-dealkylation sites (tertiary alicyclic amines) is 1. The summed E-state index contributed by atoms with van der Waals surface area (Å²) in [7, 11) is 0. The Morgan fingerprint density at radius 3 is 2.14 bits per heavy atom. The second-order valence-electron chi connectivity index (χ2n) is 5.84. The number of ketones is 1. The Balaban J connectivity index is 1.56. The molecule has 2 aromatic rings. The first-order valence-electron chi connectivity index (χ1n) is 7.64. The Kier molecular flexibility index (Phi) is 4.46. The third-order valence-corrected chi connectivity index (χ3v) is 4.20. The maximum Gasteiger partial charge on any atom is 0.150 e. The van der Waals surface area contributed by atoms with Gasteiger partial charge in [0.05, 0.1) is 6.54 Å². The zero-order chi connectivity index (χ0) is 14.5. The molecule has 1 atom stereocenters. The number of carbonyl (C=O) groups is 1. The van der Waals surface area contributed by atoms with Crippen LogP contribution in [-0.4, -0.2) is 23.8 Å². The average Bonchev–Trinajstić information content (AvgIpc) is 2.52. The number of hydrogen-bond donors (Lipinski definition) is 0. The van der Waals surface area contributed by atoms with E-state index in [1.54, 1.807) is 0 Å². The molecule has 0 unspecified atom stereocenters. The molecule has 0 aliphatic carbocycles. The molecule has 0 saturated carbocycles. The minimum Gasteiger partial charge on any atom is -0.298 e. The highest BCUT2D eigenvalue weighted by molar-refractivity contribution is 5.84. The van der Waals surface area contributed by atoms with Gasteiger partial charge in [0.15, 0.2) is 0 Å². The number of hydrogen-bond acceptors (Lipinski definition) is 2. The zero-order valence-corrected chi connectivity index (χ0v) is 12.2. The summed E-state index contributed by atoms with van der Waals surface area (Å²) in [5.74, 6) is 0.584. The van der Waals surface area contributed by atoms with Gasteiger partial charge >= 0.3 is 0 Å². The van der Waals surface area contributed by atoms with Crippen LogP contribution in [0.1, 0.15) is 17.5 Å². The predicted octanol–water partition coefficient (Wildman–Crippen LogP) is 3.32. The molecule has 0 bridgehead atoms. The molecule has 0 N–H and O–H groups in total. The first-order chi connectivity index (χ1) is 10.3. The van der Waals surface area contributed by atoms with Gasteiger partial charge in [0.1, 0.15) is 5.78 Å². The predicted molar refractivity (Wildman–Crippen MR) is 85.0 cm³/mol. The van der Waals surface area contributed by atoms with E-state index in [-0.39, 0.29) is 5.92 Å². The summed E-state index contributed by atoms with van der Waals surface area (Å²) in [5, 5.41) is 0. The zero-order valence-electron chi connectivity index (χ0n) is 12.2. The van der Waals surface area contributed by atoms with Crippen molar-refractivity contribution in [2.75, 3.05) is 13.1 Å². The molecule has 0 amide bonds. The first kappa shape index (κ1) is 14.0. The van der Waals surface area contributed by atoms with Gasteiger partial charge in [-0.25, -0.2) is 0 Å². The lowest BCUT2D eigenvalue weighted by Gasteiger charge is -2.31. The summed E-state index contributed by atoms with van der Waals surface area (Å²) in [4.78, 5) is 14.6. The molecule has 1 fully saturated rings. The fraction of sp³-hybridized carbons (Fsp3) is 0.316. The highest BCUT2D eigenvalue weighted by Crippen LogP contribution is 2.20. The van der Waals surface area contributed by atoms with Gasteiger partial charge in [0.25, 0.3) is 0 Å². The van der Waals surface area contributed by atoms with Crippen molar-refractivity contribution in [3.8, 4) is 0 Å². The van der Waals surface area contributed by atoms with Crippen LogP contribution in [0.2, 0.25) is 0 Å². The highest BCUT2D eigenvalue weighted by atomic mass is 16.1. The van der Waals surface area contributed by atoms with E-state index in [0.29, 0.717) is 12.3 Å². The molecule has 0 aromatic heterocycles. The van der Waals surface area contributed by atoms with Crippen LogP contribution in [0.4, 0.5) is 0 Å². The van der Waals surface area contributed by atoms with Crippen LogP contribution < -0.4 is 0 Å². The lowest BCUT2D eigenvalue weighted by molar-refractivity contribution is -0.126. The van der Waals surface area contributed by atoms with E-state index in [4.69, 9.17) is 0 Å². The molecule has 2 nitrogen and oxygen atoms in total. The van der Waals surface area contributed by atoms with Crippen molar-refractivity contribution in [2.45, 2.75) is 19.4 Å². The van der Waals surface area contributed by atoms with E-state index >= 15 is 0 Å². The summed E-state index contributed by atoms with van der Waals surface area (Å²) in [6.07, 6.45) is 1.86. The first-order valence-corrected chi connectivity index (χ1v) is 7.64. The van der Waals surface area contributed by atoms with Gasteiger partial charge < -0.3 is 0 Å². The molecule has 1 aliphatic heterocycles. The van der Waals surface area contributed by atoms with Crippen molar-refractivity contribution in [3.05, 3.63) is 71.8 Å². The lowest BCUT2D eigenvalue weighted by atomic mass is 9.89. The third kappa shape index (κ3) is 3.79. The van der Waals surface area contributed by atoms with E-state index in [2.05, 4.69) is 41.3 Å². The quantitative estimate of drug-likeness (QED) is 0.855. The number of piperidine rings is 1. The average molecular weight is 279 g/mol. The van der Waals surface area contributed by atoms with E-state index in [9.17, 15) is 4.79 Å². The van der Waals surface area contributed by atoms with E-state index in [1.807, 2.05) is 24.3 Å². The second kappa shape index (κ2) is 6.68. The van der Waals surface area contributed by atoms with Crippen LogP contribution in [0.25, 0.3) is 0 Å². The van der Waals surface area contributed by atoms with Gasteiger partial charge in [-0.15, -0.1) is 0 Å².